The Balaban J connectivity index is 3.53. The number of Topliss-reactive ketones (excluding diaryl/α,β-unsaturated/α-hetero) is 1. The minimum atomic E-state index is -1.62. The molecule has 1 rings (SSSR count). The number of ketones is 1. The highest BCUT2D eigenvalue weighted by Gasteiger charge is 2.26. The maximum Gasteiger partial charge on any atom is 0.339 e. The second kappa shape index (κ2) is 5.47. The van der Waals surface area contributed by atoms with Gasteiger partial charge in [0.15, 0.2) is 5.82 Å². The van der Waals surface area contributed by atoms with Crippen LogP contribution in [0.25, 0.3) is 0 Å². The summed E-state index contributed by atoms with van der Waals surface area (Å²) in [6.07, 6.45) is 0. The zero-order valence-electron chi connectivity index (χ0n) is 10.7. The van der Waals surface area contributed by atoms with Gasteiger partial charge in [-0.2, -0.15) is 0 Å². The van der Waals surface area contributed by atoms with Gasteiger partial charge in [-0.25, -0.2) is 9.18 Å². The SMILES string of the molecule is C=C(C(=O)O)C(=O)c1cc([N+](=O)[O-])cc(N(C)C)c1F. The van der Waals surface area contributed by atoms with E-state index in [1.807, 2.05) is 0 Å². The van der Waals surface area contributed by atoms with E-state index in [0.717, 1.165) is 6.07 Å². The molecule has 0 aliphatic carbocycles. The molecular weight excluding hydrogens is 271 g/mol. The van der Waals surface area contributed by atoms with E-state index in [9.17, 15) is 24.1 Å². The van der Waals surface area contributed by atoms with Gasteiger partial charge in [-0.3, -0.25) is 14.9 Å². The second-order valence-corrected chi connectivity index (χ2v) is 4.09. The van der Waals surface area contributed by atoms with Gasteiger partial charge in [0, 0.05) is 26.2 Å². The Bertz CT molecular complexity index is 625. The molecule has 0 atom stereocenters. The van der Waals surface area contributed by atoms with Crippen LogP contribution in [0.4, 0.5) is 15.8 Å². The molecule has 0 amide bonds. The molecule has 7 nitrogen and oxygen atoms in total. The molecule has 20 heavy (non-hydrogen) atoms. The molecule has 106 valence electrons. The zero-order valence-corrected chi connectivity index (χ0v) is 10.7. The standard InChI is InChI=1S/C12H11FN2O5/c1-6(12(17)18)11(16)8-4-7(15(19)20)5-9(10(8)13)14(2)3/h4-5H,1H2,2-3H3,(H,17,18). The number of nitro groups is 1. The van der Waals surface area contributed by atoms with Crippen LogP contribution in [-0.2, 0) is 4.79 Å². The number of aliphatic carboxylic acids is 1. The van der Waals surface area contributed by atoms with Crippen molar-refractivity contribution in [1.82, 2.24) is 0 Å². The first-order valence-electron chi connectivity index (χ1n) is 5.29. The average Bonchev–Trinajstić information content (AvgIpc) is 2.36. The Morgan fingerprint density at radius 2 is 1.95 bits per heavy atom. The highest BCUT2D eigenvalue weighted by atomic mass is 19.1. The van der Waals surface area contributed by atoms with Crippen LogP contribution in [0.5, 0.6) is 0 Å². The fraction of sp³-hybridized carbons (Fsp3) is 0.167. The monoisotopic (exact) mass is 282 g/mol. The fourth-order valence-electron chi connectivity index (χ4n) is 1.45. The number of benzene rings is 1. The van der Waals surface area contributed by atoms with Gasteiger partial charge in [0.2, 0.25) is 5.78 Å². The Hall–Kier alpha value is -2.77. The van der Waals surface area contributed by atoms with E-state index >= 15 is 0 Å². The number of nitrogens with zero attached hydrogens (tertiary/aromatic N) is 2. The van der Waals surface area contributed by atoms with Crippen LogP contribution in [-0.4, -0.2) is 35.9 Å². The number of carbonyl (C=O) groups excluding carboxylic acids is 1. The zero-order chi connectivity index (χ0) is 15.6. The van der Waals surface area contributed by atoms with Gasteiger partial charge in [0.1, 0.15) is 5.57 Å². The number of rotatable bonds is 5. The highest BCUT2D eigenvalue weighted by molar-refractivity contribution is 6.23. The number of anilines is 1. The molecule has 1 aromatic carbocycles. The largest absolute Gasteiger partial charge is 0.478 e. The molecule has 0 spiro atoms. The molecule has 0 radical (unpaired) electrons. The van der Waals surface area contributed by atoms with E-state index in [-0.39, 0.29) is 5.69 Å². The molecule has 0 heterocycles. The summed E-state index contributed by atoms with van der Waals surface area (Å²) < 4.78 is 14.1. The normalized spacial score (nSPS) is 9.95. The van der Waals surface area contributed by atoms with Crippen molar-refractivity contribution in [2.24, 2.45) is 0 Å². The van der Waals surface area contributed by atoms with E-state index in [4.69, 9.17) is 5.11 Å². The number of non-ortho nitro benzene ring substituents is 1. The molecule has 0 saturated heterocycles. The third-order valence-corrected chi connectivity index (χ3v) is 2.51. The molecule has 1 N–H and O–H groups in total. The minimum Gasteiger partial charge on any atom is -0.478 e. The lowest BCUT2D eigenvalue weighted by molar-refractivity contribution is -0.384. The van der Waals surface area contributed by atoms with Gasteiger partial charge in [0.25, 0.3) is 5.69 Å². The number of hydrogen-bond donors (Lipinski definition) is 1. The molecule has 0 aliphatic heterocycles. The number of hydrogen-bond acceptors (Lipinski definition) is 5. The van der Waals surface area contributed by atoms with E-state index < -0.39 is 39.3 Å². The van der Waals surface area contributed by atoms with E-state index in [1.165, 1.54) is 19.0 Å². The summed E-state index contributed by atoms with van der Waals surface area (Å²) >= 11 is 0. The average molecular weight is 282 g/mol. The van der Waals surface area contributed by atoms with Crippen molar-refractivity contribution in [2.45, 2.75) is 0 Å². The summed E-state index contributed by atoms with van der Waals surface area (Å²) in [6, 6.07) is 1.65. The van der Waals surface area contributed by atoms with Crippen LogP contribution >= 0.6 is 0 Å². The first-order chi connectivity index (χ1) is 9.16. The van der Waals surface area contributed by atoms with E-state index in [1.54, 1.807) is 0 Å². The van der Waals surface area contributed by atoms with E-state index in [0.29, 0.717) is 6.07 Å². The van der Waals surface area contributed by atoms with Crippen molar-refractivity contribution in [3.05, 3.63) is 45.8 Å². The smallest absolute Gasteiger partial charge is 0.339 e. The number of nitro benzene ring substituents is 1. The van der Waals surface area contributed by atoms with Crippen LogP contribution in [0, 0.1) is 15.9 Å². The van der Waals surface area contributed by atoms with Crippen LogP contribution < -0.4 is 4.90 Å². The van der Waals surface area contributed by atoms with Crippen LogP contribution in [0.2, 0.25) is 0 Å². The van der Waals surface area contributed by atoms with Gasteiger partial charge in [0.05, 0.1) is 16.2 Å². The molecule has 0 fully saturated rings. The van der Waals surface area contributed by atoms with Gasteiger partial charge in [-0.05, 0) is 0 Å². The summed E-state index contributed by atoms with van der Waals surface area (Å²) in [7, 11) is 2.87. The second-order valence-electron chi connectivity index (χ2n) is 4.09. The van der Waals surface area contributed by atoms with Crippen molar-refractivity contribution < 1.29 is 24.0 Å². The summed E-state index contributed by atoms with van der Waals surface area (Å²) in [5.41, 5.74) is -2.28. The molecule has 1 aromatic rings. The number of carboxylic acids is 1. The third-order valence-electron chi connectivity index (χ3n) is 2.51. The lowest BCUT2D eigenvalue weighted by atomic mass is 10.0. The lowest BCUT2D eigenvalue weighted by Crippen LogP contribution is -2.17. The van der Waals surface area contributed by atoms with Crippen molar-refractivity contribution in [2.75, 3.05) is 19.0 Å². The van der Waals surface area contributed by atoms with Crippen LogP contribution in [0.1, 0.15) is 10.4 Å². The lowest BCUT2D eigenvalue weighted by Gasteiger charge is -2.15. The van der Waals surface area contributed by atoms with Crippen molar-refractivity contribution in [1.29, 1.82) is 0 Å². The Morgan fingerprint density at radius 3 is 2.35 bits per heavy atom. The quantitative estimate of drug-likeness (QED) is 0.220. The summed E-state index contributed by atoms with van der Waals surface area (Å²) in [4.78, 5) is 33.7. The van der Waals surface area contributed by atoms with Crippen molar-refractivity contribution in [3.8, 4) is 0 Å². The molecule has 0 saturated carbocycles. The number of halogens is 1. The Kier molecular flexibility index (Phi) is 4.18. The maximum absolute atomic E-state index is 14.1. The molecule has 0 aliphatic rings. The summed E-state index contributed by atoms with van der Waals surface area (Å²) in [6.45, 7) is 3.02. The van der Waals surface area contributed by atoms with Crippen LogP contribution in [0.15, 0.2) is 24.3 Å². The topological polar surface area (TPSA) is 101 Å². The Morgan fingerprint density at radius 1 is 1.40 bits per heavy atom. The molecule has 0 bridgehead atoms. The third kappa shape index (κ3) is 2.79. The van der Waals surface area contributed by atoms with E-state index in [2.05, 4.69) is 6.58 Å². The predicted octanol–water partition coefficient (Wildman–Crippen LogP) is 1.62. The maximum atomic E-state index is 14.1. The first kappa shape index (κ1) is 15.3. The van der Waals surface area contributed by atoms with Crippen LogP contribution in [0.3, 0.4) is 0 Å². The van der Waals surface area contributed by atoms with Crippen molar-refractivity contribution in [3.63, 3.8) is 0 Å². The number of carbonyl (C=O) groups is 2. The predicted molar refractivity (Wildman–Crippen MR) is 68.5 cm³/mol. The molecule has 8 heteroatoms. The van der Waals surface area contributed by atoms with Gasteiger partial charge in [-0.1, -0.05) is 6.58 Å². The molecular formula is C12H11FN2O5. The molecule has 0 aromatic heterocycles. The van der Waals surface area contributed by atoms with Gasteiger partial charge in [-0.15, -0.1) is 0 Å². The highest BCUT2D eigenvalue weighted by Crippen LogP contribution is 2.28. The van der Waals surface area contributed by atoms with Gasteiger partial charge >= 0.3 is 5.97 Å². The summed E-state index contributed by atoms with van der Waals surface area (Å²) in [5.74, 6) is -3.86. The molecule has 0 unspecified atom stereocenters. The fourth-order valence-corrected chi connectivity index (χ4v) is 1.45. The summed E-state index contributed by atoms with van der Waals surface area (Å²) in [5, 5.41) is 19.5. The number of carboxylic acid groups (broad SMARTS) is 1. The van der Waals surface area contributed by atoms with Gasteiger partial charge < -0.3 is 10.0 Å². The minimum absolute atomic E-state index is 0.194. The van der Waals surface area contributed by atoms with Crippen molar-refractivity contribution >= 4 is 23.1 Å². The Labute approximate surface area is 113 Å². The first-order valence-corrected chi connectivity index (χ1v) is 5.29.